The fraction of sp³-hybridized carbons (Fsp3) is 0.429. The number of anilines is 2. The first-order chi connectivity index (χ1) is 9.43. The van der Waals surface area contributed by atoms with Gasteiger partial charge in [-0.05, 0) is 30.7 Å². The predicted molar refractivity (Wildman–Crippen MR) is 79.3 cm³/mol. The summed E-state index contributed by atoms with van der Waals surface area (Å²) in [6.07, 6.45) is 1.09. The van der Waals surface area contributed by atoms with Crippen LogP contribution in [0.1, 0.15) is 19.8 Å². The van der Waals surface area contributed by atoms with Gasteiger partial charge in [0.2, 0.25) is 0 Å². The Labute approximate surface area is 118 Å². The maximum atomic E-state index is 11.7. The molecule has 0 aliphatic carbocycles. The van der Waals surface area contributed by atoms with E-state index in [0.29, 0.717) is 18.5 Å². The molecule has 6 nitrogen and oxygen atoms in total. The Morgan fingerprint density at radius 3 is 2.30 bits per heavy atom. The monoisotopic (exact) mass is 279 g/mol. The van der Waals surface area contributed by atoms with Gasteiger partial charge in [-0.25, -0.2) is 9.59 Å². The molecule has 3 N–H and O–H groups in total. The Morgan fingerprint density at radius 1 is 1.25 bits per heavy atom. The third-order valence-corrected chi connectivity index (χ3v) is 2.82. The van der Waals surface area contributed by atoms with Gasteiger partial charge < -0.3 is 20.6 Å². The van der Waals surface area contributed by atoms with Gasteiger partial charge in [0.1, 0.15) is 6.04 Å². The van der Waals surface area contributed by atoms with Crippen LogP contribution in [0.15, 0.2) is 24.3 Å². The van der Waals surface area contributed by atoms with E-state index in [-0.39, 0.29) is 0 Å². The van der Waals surface area contributed by atoms with Crippen molar-refractivity contribution in [2.45, 2.75) is 25.8 Å². The molecule has 1 aromatic rings. The second kappa shape index (κ2) is 7.37. The summed E-state index contributed by atoms with van der Waals surface area (Å²) in [5.41, 5.74) is 1.64. The number of amides is 2. The van der Waals surface area contributed by atoms with Crippen LogP contribution in [0, 0.1) is 0 Å². The van der Waals surface area contributed by atoms with Gasteiger partial charge in [-0.2, -0.15) is 0 Å². The van der Waals surface area contributed by atoms with Gasteiger partial charge in [0.25, 0.3) is 0 Å². The molecule has 0 aliphatic heterocycles. The second-order valence-electron chi connectivity index (χ2n) is 4.72. The number of urea groups is 1. The molecule has 1 aromatic carbocycles. The average Bonchev–Trinajstić information content (AvgIpc) is 2.38. The number of carbonyl (C=O) groups excluding carboxylic acids is 1. The van der Waals surface area contributed by atoms with Gasteiger partial charge in [0, 0.05) is 25.5 Å². The largest absolute Gasteiger partial charge is 0.480 e. The molecular formula is C14H21N3O3. The minimum atomic E-state index is -1.02. The maximum Gasteiger partial charge on any atom is 0.326 e. The van der Waals surface area contributed by atoms with E-state index in [9.17, 15) is 9.59 Å². The van der Waals surface area contributed by atoms with E-state index < -0.39 is 18.0 Å². The van der Waals surface area contributed by atoms with Crippen molar-refractivity contribution in [1.29, 1.82) is 0 Å². The molecule has 0 aliphatic rings. The zero-order chi connectivity index (χ0) is 15.1. The molecule has 20 heavy (non-hydrogen) atoms. The van der Waals surface area contributed by atoms with E-state index in [2.05, 4.69) is 10.6 Å². The van der Waals surface area contributed by atoms with Gasteiger partial charge in [0.05, 0.1) is 0 Å². The fourth-order valence-electron chi connectivity index (χ4n) is 1.71. The summed E-state index contributed by atoms with van der Waals surface area (Å²) in [6.45, 7) is 1.87. The lowest BCUT2D eigenvalue weighted by Gasteiger charge is -2.15. The summed E-state index contributed by atoms with van der Waals surface area (Å²) in [5.74, 6) is -1.02. The molecule has 0 bridgehead atoms. The molecule has 6 heteroatoms. The lowest BCUT2D eigenvalue weighted by Crippen LogP contribution is -2.42. The first kappa shape index (κ1) is 15.8. The molecule has 1 atom stereocenters. The highest BCUT2D eigenvalue weighted by atomic mass is 16.4. The van der Waals surface area contributed by atoms with Gasteiger partial charge in [-0.1, -0.05) is 13.3 Å². The number of aliphatic carboxylic acids is 1. The molecule has 0 saturated carbocycles. The highest BCUT2D eigenvalue weighted by Crippen LogP contribution is 2.15. The minimum Gasteiger partial charge on any atom is -0.480 e. The van der Waals surface area contributed by atoms with Crippen molar-refractivity contribution in [3.8, 4) is 0 Å². The molecule has 0 spiro atoms. The number of hydrogen-bond donors (Lipinski definition) is 3. The SMILES string of the molecule is CCC[C@@H](NC(=O)Nc1ccc(N(C)C)cc1)C(=O)O. The molecule has 0 heterocycles. The van der Waals surface area contributed by atoms with Crippen molar-refractivity contribution in [2.24, 2.45) is 0 Å². The quantitative estimate of drug-likeness (QED) is 0.745. The number of carbonyl (C=O) groups is 2. The van der Waals surface area contributed by atoms with Crippen molar-refractivity contribution in [2.75, 3.05) is 24.3 Å². The van der Waals surface area contributed by atoms with Gasteiger partial charge in [0.15, 0.2) is 0 Å². The van der Waals surface area contributed by atoms with Crippen LogP contribution in [0.4, 0.5) is 16.2 Å². The van der Waals surface area contributed by atoms with Crippen molar-refractivity contribution in [3.05, 3.63) is 24.3 Å². The highest BCUT2D eigenvalue weighted by molar-refractivity contribution is 5.92. The average molecular weight is 279 g/mol. The van der Waals surface area contributed by atoms with E-state index >= 15 is 0 Å². The Hall–Kier alpha value is -2.24. The third kappa shape index (κ3) is 4.79. The Kier molecular flexibility index (Phi) is 5.83. The first-order valence-corrected chi connectivity index (χ1v) is 6.51. The molecule has 0 fully saturated rings. The van der Waals surface area contributed by atoms with E-state index in [1.165, 1.54) is 0 Å². The predicted octanol–water partition coefficient (Wildman–Crippen LogP) is 2.13. The van der Waals surface area contributed by atoms with E-state index in [4.69, 9.17) is 5.11 Å². The summed E-state index contributed by atoms with van der Waals surface area (Å²) in [7, 11) is 3.86. The van der Waals surface area contributed by atoms with Crippen molar-refractivity contribution < 1.29 is 14.7 Å². The van der Waals surface area contributed by atoms with Gasteiger partial charge >= 0.3 is 12.0 Å². The minimum absolute atomic E-state index is 0.405. The molecule has 0 radical (unpaired) electrons. The van der Waals surface area contributed by atoms with Crippen LogP contribution in [0.5, 0.6) is 0 Å². The molecule has 1 rings (SSSR count). The summed E-state index contributed by atoms with van der Waals surface area (Å²) in [4.78, 5) is 24.6. The van der Waals surface area contributed by atoms with Crippen LogP contribution >= 0.6 is 0 Å². The molecule has 0 unspecified atom stereocenters. The molecule has 110 valence electrons. The third-order valence-electron chi connectivity index (χ3n) is 2.82. The second-order valence-corrected chi connectivity index (χ2v) is 4.72. The van der Waals surface area contributed by atoms with Crippen LogP contribution in [0.3, 0.4) is 0 Å². The van der Waals surface area contributed by atoms with Gasteiger partial charge in [-0.15, -0.1) is 0 Å². The van der Waals surface area contributed by atoms with E-state index in [1.54, 1.807) is 12.1 Å². The topological polar surface area (TPSA) is 81.7 Å². The smallest absolute Gasteiger partial charge is 0.326 e. The summed E-state index contributed by atoms with van der Waals surface area (Å²) in [5, 5.41) is 14.0. The zero-order valence-corrected chi connectivity index (χ0v) is 12.0. The van der Waals surface area contributed by atoms with Crippen molar-refractivity contribution in [1.82, 2.24) is 5.32 Å². The Bertz CT molecular complexity index is 457. The number of benzene rings is 1. The standard InChI is InChI=1S/C14H21N3O3/c1-4-5-12(13(18)19)16-14(20)15-10-6-8-11(9-7-10)17(2)3/h6-9,12H,4-5H2,1-3H3,(H,18,19)(H2,15,16,20)/t12-/m1/s1. The van der Waals surface area contributed by atoms with Crippen LogP contribution in [-0.4, -0.2) is 37.2 Å². The number of carboxylic acids is 1. The lowest BCUT2D eigenvalue weighted by molar-refractivity contribution is -0.139. The van der Waals surface area contributed by atoms with Crippen molar-refractivity contribution >= 4 is 23.4 Å². The van der Waals surface area contributed by atoms with Crippen molar-refractivity contribution in [3.63, 3.8) is 0 Å². The Balaban J connectivity index is 2.59. The van der Waals surface area contributed by atoms with E-state index in [1.807, 2.05) is 38.1 Å². The zero-order valence-electron chi connectivity index (χ0n) is 12.0. The number of nitrogens with one attached hydrogen (secondary N) is 2. The van der Waals surface area contributed by atoms with Crippen LogP contribution in [0.25, 0.3) is 0 Å². The molecular weight excluding hydrogens is 258 g/mol. The van der Waals surface area contributed by atoms with Crippen LogP contribution in [0.2, 0.25) is 0 Å². The maximum absolute atomic E-state index is 11.7. The van der Waals surface area contributed by atoms with Crippen LogP contribution in [-0.2, 0) is 4.79 Å². The number of rotatable bonds is 6. The summed E-state index contributed by atoms with van der Waals surface area (Å²) >= 11 is 0. The number of hydrogen-bond acceptors (Lipinski definition) is 3. The number of carboxylic acid groups (broad SMARTS) is 1. The van der Waals surface area contributed by atoms with Crippen LogP contribution < -0.4 is 15.5 Å². The summed E-state index contributed by atoms with van der Waals surface area (Å²) in [6, 6.07) is 5.91. The highest BCUT2D eigenvalue weighted by Gasteiger charge is 2.18. The Morgan fingerprint density at radius 2 is 1.85 bits per heavy atom. The lowest BCUT2D eigenvalue weighted by atomic mass is 10.2. The molecule has 0 aromatic heterocycles. The first-order valence-electron chi connectivity index (χ1n) is 6.51. The number of nitrogens with zero attached hydrogens (tertiary/aromatic N) is 1. The fourth-order valence-corrected chi connectivity index (χ4v) is 1.71. The van der Waals surface area contributed by atoms with E-state index in [0.717, 1.165) is 5.69 Å². The summed E-state index contributed by atoms with van der Waals surface area (Å²) < 4.78 is 0. The van der Waals surface area contributed by atoms with Gasteiger partial charge in [-0.3, -0.25) is 0 Å². The molecule has 2 amide bonds. The normalized spacial score (nSPS) is 11.6. The molecule has 0 saturated heterocycles.